The number of nitrogens with zero attached hydrogens (tertiary/aromatic N) is 4. The molecule has 2 saturated heterocycles. The zero-order valence-electron chi connectivity index (χ0n) is 13.7. The maximum atomic E-state index is 11.1. The van der Waals surface area contributed by atoms with Gasteiger partial charge in [-0.05, 0) is 25.3 Å². The van der Waals surface area contributed by atoms with Crippen LogP contribution in [0.2, 0.25) is 0 Å². The molecule has 8 nitrogen and oxygen atoms in total. The second kappa shape index (κ2) is 9.96. The van der Waals surface area contributed by atoms with Crippen molar-refractivity contribution < 1.29 is 9.63 Å². The highest BCUT2D eigenvalue weighted by Gasteiger charge is 2.15. The third kappa shape index (κ3) is 5.99. The van der Waals surface area contributed by atoms with E-state index < -0.39 is 0 Å². The first-order chi connectivity index (χ1) is 11.3. The van der Waals surface area contributed by atoms with E-state index >= 15 is 0 Å². The lowest BCUT2D eigenvalue weighted by Gasteiger charge is -2.26. The number of aromatic nitrogens is 2. The minimum atomic E-state index is -0.158. The predicted molar refractivity (Wildman–Crippen MR) is 88.1 cm³/mol. The first-order valence-corrected chi connectivity index (χ1v) is 8.12. The Hall–Kier alpha value is -1.93. The molecule has 0 bridgehead atoms. The van der Waals surface area contributed by atoms with Crippen LogP contribution in [0.1, 0.15) is 19.3 Å². The molecule has 2 N–H and O–H groups in total. The average Bonchev–Trinajstić information content (AvgIpc) is 2.65. The molecule has 0 unspecified atom stereocenters. The third-order valence-corrected chi connectivity index (χ3v) is 3.78. The van der Waals surface area contributed by atoms with E-state index in [1.807, 2.05) is 6.07 Å². The highest BCUT2D eigenvalue weighted by atomic mass is 16.6. The number of urea groups is 1. The van der Waals surface area contributed by atoms with E-state index in [4.69, 9.17) is 0 Å². The fraction of sp³-hybridized carbons (Fsp3) is 0.667. The normalized spacial score (nSPS) is 18.0. The van der Waals surface area contributed by atoms with E-state index in [0.29, 0.717) is 0 Å². The standard InChI is InChI=1S/C9H13N3.C6H13N3O2/c1-2-7-12(8-3-1)9-10-5-4-6-11-9;1-11-8-6(10)9-4-2-7-3-5-9/h4-6H,1-3,7-8H2;7H,2-5H2,1H3,(H,8,10). The van der Waals surface area contributed by atoms with Crippen molar-refractivity contribution in [3.8, 4) is 0 Å². The summed E-state index contributed by atoms with van der Waals surface area (Å²) in [6.07, 6.45) is 7.51. The number of hydrogen-bond acceptors (Lipinski definition) is 6. The fourth-order valence-corrected chi connectivity index (χ4v) is 2.57. The summed E-state index contributed by atoms with van der Waals surface area (Å²) in [6.45, 7) is 5.44. The smallest absolute Gasteiger partial charge is 0.341 e. The average molecular weight is 322 g/mol. The Morgan fingerprint density at radius 1 is 1.13 bits per heavy atom. The number of rotatable bonds is 2. The lowest BCUT2D eigenvalue weighted by molar-refractivity contribution is 0.0844. The Bertz CT molecular complexity index is 447. The van der Waals surface area contributed by atoms with E-state index in [0.717, 1.165) is 45.2 Å². The molecule has 128 valence electrons. The molecule has 2 fully saturated rings. The topological polar surface area (TPSA) is 82.6 Å². The molecule has 0 radical (unpaired) electrons. The molecule has 0 spiro atoms. The first kappa shape index (κ1) is 17.4. The zero-order chi connectivity index (χ0) is 16.3. The zero-order valence-corrected chi connectivity index (χ0v) is 13.7. The van der Waals surface area contributed by atoms with Gasteiger partial charge in [-0.2, -0.15) is 0 Å². The van der Waals surface area contributed by atoms with E-state index in [-0.39, 0.29) is 6.03 Å². The van der Waals surface area contributed by atoms with Gasteiger partial charge in [0.1, 0.15) is 0 Å². The molecule has 2 aliphatic rings. The van der Waals surface area contributed by atoms with Crippen molar-refractivity contribution in [2.75, 3.05) is 51.3 Å². The van der Waals surface area contributed by atoms with Gasteiger partial charge in [-0.3, -0.25) is 4.84 Å². The molecular weight excluding hydrogens is 296 g/mol. The minimum absolute atomic E-state index is 0.158. The maximum absolute atomic E-state index is 11.1. The van der Waals surface area contributed by atoms with Crippen LogP contribution in [0.3, 0.4) is 0 Å². The van der Waals surface area contributed by atoms with Crippen LogP contribution < -0.4 is 15.7 Å². The van der Waals surface area contributed by atoms with E-state index in [1.54, 1.807) is 17.3 Å². The lowest BCUT2D eigenvalue weighted by Crippen LogP contribution is -2.49. The van der Waals surface area contributed by atoms with Crippen molar-refractivity contribution in [1.29, 1.82) is 0 Å². The molecule has 1 aromatic heterocycles. The summed E-state index contributed by atoms with van der Waals surface area (Å²) in [5.41, 5.74) is 2.27. The number of anilines is 1. The number of nitrogens with one attached hydrogen (secondary N) is 2. The van der Waals surface area contributed by atoms with Crippen molar-refractivity contribution in [3.63, 3.8) is 0 Å². The van der Waals surface area contributed by atoms with Crippen molar-refractivity contribution in [1.82, 2.24) is 25.7 Å². The number of piperidine rings is 1. The van der Waals surface area contributed by atoms with Crippen LogP contribution in [-0.2, 0) is 4.84 Å². The number of piperazine rings is 1. The molecule has 23 heavy (non-hydrogen) atoms. The Balaban J connectivity index is 0.000000168. The summed E-state index contributed by atoms with van der Waals surface area (Å²) in [5, 5.41) is 3.15. The number of amides is 2. The molecular formula is C15H26N6O2. The first-order valence-electron chi connectivity index (χ1n) is 8.12. The molecule has 2 amide bonds. The maximum Gasteiger partial charge on any atom is 0.341 e. The van der Waals surface area contributed by atoms with Crippen LogP contribution in [-0.4, -0.2) is 67.3 Å². The van der Waals surface area contributed by atoms with Crippen LogP contribution >= 0.6 is 0 Å². The third-order valence-electron chi connectivity index (χ3n) is 3.78. The van der Waals surface area contributed by atoms with Gasteiger partial charge in [0.2, 0.25) is 5.95 Å². The van der Waals surface area contributed by atoms with Gasteiger partial charge in [0.25, 0.3) is 0 Å². The van der Waals surface area contributed by atoms with Gasteiger partial charge in [-0.15, -0.1) is 0 Å². The molecule has 3 heterocycles. The molecule has 0 saturated carbocycles. The van der Waals surface area contributed by atoms with Gasteiger partial charge in [-0.25, -0.2) is 20.2 Å². The monoisotopic (exact) mass is 322 g/mol. The number of carbonyl (C=O) groups is 1. The Labute approximate surface area is 137 Å². The van der Waals surface area contributed by atoms with Gasteiger partial charge < -0.3 is 15.1 Å². The Morgan fingerprint density at radius 2 is 1.78 bits per heavy atom. The summed E-state index contributed by atoms with van der Waals surface area (Å²) in [5.74, 6) is 0.886. The van der Waals surface area contributed by atoms with Crippen molar-refractivity contribution >= 4 is 12.0 Å². The van der Waals surface area contributed by atoms with Gasteiger partial charge in [-0.1, -0.05) is 0 Å². The second-order valence-corrected chi connectivity index (χ2v) is 5.44. The number of hydrogen-bond donors (Lipinski definition) is 2. The molecule has 0 aromatic carbocycles. The fourth-order valence-electron chi connectivity index (χ4n) is 2.57. The van der Waals surface area contributed by atoms with E-state index in [2.05, 4.69) is 30.5 Å². The number of carbonyl (C=O) groups excluding carboxylic acids is 1. The highest BCUT2D eigenvalue weighted by molar-refractivity contribution is 5.73. The second-order valence-electron chi connectivity index (χ2n) is 5.44. The van der Waals surface area contributed by atoms with Gasteiger partial charge in [0.15, 0.2) is 0 Å². The molecule has 8 heteroatoms. The van der Waals surface area contributed by atoms with Crippen LogP contribution in [0.4, 0.5) is 10.7 Å². The van der Waals surface area contributed by atoms with Gasteiger partial charge in [0.05, 0.1) is 7.11 Å². The summed E-state index contributed by atoms with van der Waals surface area (Å²) < 4.78 is 0. The number of hydroxylamine groups is 1. The van der Waals surface area contributed by atoms with Crippen LogP contribution in [0.25, 0.3) is 0 Å². The Morgan fingerprint density at radius 3 is 2.39 bits per heavy atom. The van der Waals surface area contributed by atoms with E-state index in [9.17, 15) is 4.79 Å². The lowest BCUT2D eigenvalue weighted by atomic mass is 10.1. The molecule has 1 aromatic rings. The molecule has 0 atom stereocenters. The van der Waals surface area contributed by atoms with Crippen molar-refractivity contribution in [3.05, 3.63) is 18.5 Å². The summed E-state index contributed by atoms with van der Waals surface area (Å²) in [6, 6.07) is 1.70. The highest BCUT2D eigenvalue weighted by Crippen LogP contribution is 2.13. The summed E-state index contributed by atoms with van der Waals surface area (Å²) in [4.78, 5) is 28.0. The summed E-state index contributed by atoms with van der Waals surface area (Å²) in [7, 11) is 1.43. The van der Waals surface area contributed by atoms with Gasteiger partial charge >= 0.3 is 6.03 Å². The van der Waals surface area contributed by atoms with Crippen molar-refractivity contribution in [2.45, 2.75) is 19.3 Å². The molecule has 3 rings (SSSR count). The van der Waals surface area contributed by atoms with Gasteiger partial charge in [0, 0.05) is 51.7 Å². The van der Waals surface area contributed by atoms with Crippen LogP contribution in [0.5, 0.6) is 0 Å². The Kier molecular flexibility index (Phi) is 7.55. The SMILES string of the molecule is CONC(=O)N1CCNCC1.c1cnc(N2CCCCC2)nc1. The quantitative estimate of drug-likeness (QED) is 0.777. The largest absolute Gasteiger partial charge is 0.341 e. The summed E-state index contributed by atoms with van der Waals surface area (Å²) >= 11 is 0. The van der Waals surface area contributed by atoms with Crippen LogP contribution in [0, 0.1) is 0 Å². The van der Waals surface area contributed by atoms with Crippen molar-refractivity contribution in [2.24, 2.45) is 0 Å². The molecule has 0 aliphatic carbocycles. The van der Waals surface area contributed by atoms with E-state index in [1.165, 1.54) is 26.4 Å². The predicted octanol–water partition coefficient (Wildman–Crippen LogP) is 0.630. The molecule has 2 aliphatic heterocycles. The minimum Gasteiger partial charge on any atom is -0.341 e. The van der Waals surface area contributed by atoms with Crippen LogP contribution in [0.15, 0.2) is 18.5 Å².